The Hall–Kier alpha value is -3.16. The number of hydrogen-bond donors (Lipinski definition) is 1. The van der Waals surface area contributed by atoms with Crippen LogP contribution in [0.4, 0.5) is 23.1 Å². The highest BCUT2D eigenvalue weighted by molar-refractivity contribution is 5.61. The molecule has 2 fully saturated rings. The number of benzene rings is 2. The van der Waals surface area contributed by atoms with Gasteiger partial charge in [0.2, 0.25) is 5.95 Å². The van der Waals surface area contributed by atoms with Crippen molar-refractivity contribution in [1.82, 2.24) is 14.9 Å². The van der Waals surface area contributed by atoms with E-state index in [1.165, 1.54) is 11.3 Å². The average Bonchev–Trinajstić information content (AvgIpc) is 3.32. The lowest BCUT2D eigenvalue weighted by atomic mass is 10.0. The lowest BCUT2D eigenvalue weighted by molar-refractivity contribution is 0.156. The van der Waals surface area contributed by atoms with Gasteiger partial charge in [-0.05, 0) is 43.8 Å². The van der Waals surface area contributed by atoms with Crippen LogP contribution in [-0.4, -0.2) is 54.7 Å². The van der Waals surface area contributed by atoms with E-state index < -0.39 is 0 Å². The highest BCUT2D eigenvalue weighted by Gasteiger charge is 2.30. The monoisotopic (exact) mass is 430 g/mol. The molecule has 2 saturated heterocycles. The second-order valence-corrected chi connectivity index (χ2v) is 8.54. The second-order valence-electron chi connectivity index (χ2n) is 8.54. The zero-order valence-electron chi connectivity index (χ0n) is 18.7. The molecule has 0 saturated carbocycles. The van der Waals surface area contributed by atoms with Gasteiger partial charge in [0.25, 0.3) is 0 Å². The van der Waals surface area contributed by atoms with Crippen molar-refractivity contribution in [3.63, 3.8) is 0 Å². The van der Waals surface area contributed by atoms with Crippen molar-refractivity contribution < 1.29 is 4.84 Å². The third-order valence-electron chi connectivity index (χ3n) is 6.23. The topological polar surface area (TPSA) is 56.8 Å². The molecule has 5 rings (SSSR count). The van der Waals surface area contributed by atoms with Gasteiger partial charge in [0.1, 0.15) is 0 Å². The fourth-order valence-corrected chi connectivity index (χ4v) is 4.32. The Labute approximate surface area is 189 Å². The largest absolute Gasteiger partial charge is 0.369 e. The quantitative estimate of drug-likeness (QED) is 0.652. The first-order valence-corrected chi connectivity index (χ1v) is 11.3. The fraction of sp³-hybridized carbons (Fsp3) is 0.360. The van der Waals surface area contributed by atoms with Gasteiger partial charge in [-0.2, -0.15) is 4.98 Å². The van der Waals surface area contributed by atoms with Gasteiger partial charge in [-0.25, -0.2) is 10.0 Å². The van der Waals surface area contributed by atoms with E-state index in [2.05, 4.69) is 75.7 Å². The number of aromatic nitrogens is 2. The number of likely N-dealkylation sites (N-methyl/N-ethyl adjacent to an activating group) is 1. The molecule has 7 heteroatoms. The van der Waals surface area contributed by atoms with Crippen LogP contribution in [0, 0.1) is 6.92 Å². The maximum absolute atomic E-state index is 5.99. The molecule has 3 aromatic rings. The molecular weight excluding hydrogens is 400 g/mol. The lowest BCUT2D eigenvalue weighted by Gasteiger charge is -2.34. The summed E-state index contributed by atoms with van der Waals surface area (Å²) in [5.74, 6) is 1.38. The number of piperazine rings is 1. The number of nitrogens with zero attached hydrogens (tertiary/aromatic N) is 5. The molecule has 0 amide bonds. The molecule has 32 heavy (non-hydrogen) atoms. The molecule has 0 radical (unpaired) electrons. The van der Waals surface area contributed by atoms with E-state index in [-0.39, 0.29) is 6.04 Å². The van der Waals surface area contributed by atoms with Gasteiger partial charge in [0, 0.05) is 55.7 Å². The van der Waals surface area contributed by atoms with Gasteiger partial charge in [-0.1, -0.05) is 30.3 Å². The molecule has 1 atom stereocenters. The van der Waals surface area contributed by atoms with Crippen molar-refractivity contribution >= 4 is 23.1 Å². The molecule has 3 heterocycles. The van der Waals surface area contributed by atoms with E-state index in [9.17, 15) is 0 Å². The van der Waals surface area contributed by atoms with Crippen LogP contribution in [0.5, 0.6) is 0 Å². The minimum atomic E-state index is 0.153. The van der Waals surface area contributed by atoms with Gasteiger partial charge in [0.15, 0.2) is 5.82 Å². The fourth-order valence-electron chi connectivity index (χ4n) is 4.32. The number of rotatable bonds is 5. The van der Waals surface area contributed by atoms with E-state index in [1.807, 2.05) is 24.3 Å². The zero-order chi connectivity index (χ0) is 21.9. The van der Waals surface area contributed by atoms with Crippen LogP contribution in [0.15, 0.2) is 60.8 Å². The van der Waals surface area contributed by atoms with Crippen molar-refractivity contribution in [2.45, 2.75) is 19.4 Å². The molecule has 0 aliphatic carbocycles. The van der Waals surface area contributed by atoms with Crippen molar-refractivity contribution in [1.29, 1.82) is 0 Å². The summed E-state index contributed by atoms with van der Waals surface area (Å²) in [6, 6.07) is 19.1. The van der Waals surface area contributed by atoms with Gasteiger partial charge >= 0.3 is 0 Å². The summed E-state index contributed by atoms with van der Waals surface area (Å²) in [6.45, 7) is 7.02. The third kappa shape index (κ3) is 4.40. The Morgan fingerprint density at radius 3 is 2.47 bits per heavy atom. The number of aryl methyl sites for hydroxylation is 1. The third-order valence-corrected chi connectivity index (χ3v) is 6.23. The Bertz CT molecular complexity index is 1030. The maximum Gasteiger partial charge on any atom is 0.229 e. The SMILES string of the molecule is Cc1cnc(Nc2ccc(N3CCN(C)CC3)cc2)nc1N1OCC[C@@H]1c1ccccc1. The summed E-state index contributed by atoms with van der Waals surface area (Å²) in [6.07, 6.45) is 2.79. The first-order chi connectivity index (χ1) is 15.7. The predicted molar refractivity (Wildman–Crippen MR) is 128 cm³/mol. The molecule has 2 aromatic carbocycles. The van der Waals surface area contributed by atoms with E-state index in [4.69, 9.17) is 9.82 Å². The molecule has 7 nitrogen and oxygen atoms in total. The van der Waals surface area contributed by atoms with E-state index in [1.54, 1.807) is 0 Å². The van der Waals surface area contributed by atoms with Crippen molar-refractivity contribution in [3.05, 3.63) is 71.9 Å². The number of nitrogens with one attached hydrogen (secondary N) is 1. The van der Waals surface area contributed by atoms with Gasteiger partial charge < -0.3 is 15.1 Å². The average molecular weight is 431 g/mol. The minimum Gasteiger partial charge on any atom is -0.369 e. The summed E-state index contributed by atoms with van der Waals surface area (Å²) in [7, 11) is 2.18. The van der Waals surface area contributed by atoms with Crippen LogP contribution in [0.25, 0.3) is 0 Å². The van der Waals surface area contributed by atoms with Crippen LogP contribution >= 0.6 is 0 Å². The first kappa shape index (κ1) is 20.7. The van der Waals surface area contributed by atoms with E-state index in [0.717, 1.165) is 49.7 Å². The molecular formula is C25H30N6O. The smallest absolute Gasteiger partial charge is 0.229 e. The molecule has 2 aliphatic heterocycles. The van der Waals surface area contributed by atoms with Crippen LogP contribution in [0.2, 0.25) is 0 Å². The van der Waals surface area contributed by atoms with E-state index in [0.29, 0.717) is 12.6 Å². The number of hydroxylamine groups is 1. The summed E-state index contributed by atoms with van der Waals surface area (Å²) in [5, 5.41) is 5.29. The van der Waals surface area contributed by atoms with Crippen LogP contribution in [0.3, 0.4) is 0 Å². The van der Waals surface area contributed by atoms with Crippen molar-refractivity contribution in [2.24, 2.45) is 0 Å². The highest BCUT2D eigenvalue weighted by Crippen LogP contribution is 2.35. The van der Waals surface area contributed by atoms with E-state index >= 15 is 0 Å². The second kappa shape index (κ2) is 9.14. The zero-order valence-corrected chi connectivity index (χ0v) is 18.7. The molecule has 166 valence electrons. The van der Waals surface area contributed by atoms with Crippen molar-refractivity contribution in [2.75, 3.05) is 55.1 Å². The normalized spacial score (nSPS) is 19.4. The predicted octanol–water partition coefficient (Wildman–Crippen LogP) is 4.16. The molecule has 2 aliphatic rings. The number of hydrogen-bond acceptors (Lipinski definition) is 7. The molecule has 1 N–H and O–H groups in total. The standard InChI is InChI=1S/C25H30N6O/c1-19-18-26-25(27-21-8-10-22(11-9-21)30-15-13-29(2)14-16-30)28-24(19)31-23(12-17-32-31)20-6-4-3-5-7-20/h3-11,18,23H,12-17H2,1-2H3,(H,26,27,28)/t23-/m1/s1. The van der Waals surface area contributed by atoms with Gasteiger partial charge in [0.05, 0.1) is 12.6 Å². The highest BCUT2D eigenvalue weighted by atomic mass is 16.7. The lowest BCUT2D eigenvalue weighted by Crippen LogP contribution is -2.44. The van der Waals surface area contributed by atoms with Gasteiger partial charge in [-0.3, -0.25) is 4.84 Å². The van der Waals surface area contributed by atoms with Crippen molar-refractivity contribution in [3.8, 4) is 0 Å². The Kier molecular flexibility index (Phi) is 5.92. The Balaban J connectivity index is 1.32. The maximum atomic E-state index is 5.99. The molecule has 1 aromatic heterocycles. The summed E-state index contributed by atoms with van der Waals surface area (Å²) in [5.41, 5.74) is 4.45. The van der Waals surface area contributed by atoms with Crippen LogP contribution < -0.4 is 15.3 Å². The molecule has 0 spiro atoms. The number of anilines is 4. The summed E-state index contributed by atoms with van der Waals surface area (Å²) >= 11 is 0. The Morgan fingerprint density at radius 1 is 0.969 bits per heavy atom. The van der Waals surface area contributed by atoms with Crippen LogP contribution in [-0.2, 0) is 4.84 Å². The Morgan fingerprint density at radius 2 is 1.72 bits per heavy atom. The van der Waals surface area contributed by atoms with Crippen LogP contribution in [0.1, 0.15) is 23.6 Å². The summed E-state index contributed by atoms with van der Waals surface area (Å²) < 4.78 is 0. The van der Waals surface area contributed by atoms with Gasteiger partial charge in [-0.15, -0.1) is 0 Å². The molecule has 0 bridgehead atoms. The molecule has 0 unspecified atom stereocenters. The minimum absolute atomic E-state index is 0.153. The summed E-state index contributed by atoms with van der Waals surface area (Å²) in [4.78, 5) is 20.1. The first-order valence-electron chi connectivity index (χ1n) is 11.3.